The topological polar surface area (TPSA) is 168 Å². The van der Waals surface area contributed by atoms with Crippen molar-refractivity contribution < 1.29 is 28.7 Å². The Morgan fingerprint density at radius 2 is 0.870 bits per heavy atom. The van der Waals surface area contributed by atoms with Gasteiger partial charge in [0.25, 0.3) is 0 Å². The number of ether oxygens (including phenoxy) is 2. The number of aromatic nitrogens is 4. The minimum Gasteiger partial charge on any atom is -0.453 e. The van der Waals surface area contributed by atoms with Gasteiger partial charge in [-0.2, -0.15) is 0 Å². The quantitative estimate of drug-likeness (QED) is 0.145. The maximum Gasteiger partial charge on any atom is 0.407 e. The lowest BCUT2D eigenvalue weighted by Crippen LogP contribution is -2.28. The SMILES string of the molecule is COC(=O)NCC(=O)Pc1ncc(-c2ccc(-c3ccc(-c4ccc(-c5cnc(PC(=O)CNC(=O)OC)[nH]5)cc4)cc3)cc2)[nH]1. The van der Waals surface area contributed by atoms with Crippen LogP contribution in [0.15, 0.2) is 85.2 Å². The van der Waals surface area contributed by atoms with Gasteiger partial charge in [0.1, 0.15) is 11.1 Å². The minimum atomic E-state index is -0.648. The second kappa shape index (κ2) is 15.2. The van der Waals surface area contributed by atoms with Gasteiger partial charge >= 0.3 is 12.2 Å². The fraction of sp³-hybridized carbons (Fsp3) is 0.125. The van der Waals surface area contributed by atoms with Crippen molar-refractivity contribution >= 4 is 51.5 Å². The monoisotopic (exact) mass is 656 g/mol. The van der Waals surface area contributed by atoms with E-state index in [4.69, 9.17) is 0 Å². The van der Waals surface area contributed by atoms with E-state index in [1.807, 2.05) is 48.5 Å². The number of aromatic amines is 2. The van der Waals surface area contributed by atoms with Gasteiger partial charge in [-0.05, 0) is 33.4 Å². The van der Waals surface area contributed by atoms with E-state index in [1.165, 1.54) is 14.2 Å². The fourth-order valence-corrected chi connectivity index (χ4v) is 5.94. The minimum absolute atomic E-state index is 0.114. The molecule has 2 aromatic heterocycles. The molecule has 0 saturated carbocycles. The summed E-state index contributed by atoms with van der Waals surface area (Å²) in [4.78, 5) is 61.5. The van der Waals surface area contributed by atoms with Crippen molar-refractivity contribution in [2.24, 2.45) is 0 Å². The summed E-state index contributed by atoms with van der Waals surface area (Å²) in [6.07, 6.45) is 2.09. The van der Waals surface area contributed by atoms with E-state index in [9.17, 15) is 19.2 Å². The molecule has 0 aliphatic carbocycles. The van der Waals surface area contributed by atoms with Gasteiger partial charge in [0.15, 0.2) is 11.0 Å². The van der Waals surface area contributed by atoms with Crippen LogP contribution in [0.2, 0.25) is 0 Å². The number of carbonyl (C=O) groups excluding carboxylic acids is 4. The summed E-state index contributed by atoms with van der Waals surface area (Å²) in [5, 5.41) is 4.75. The summed E-state index contributed by atoms with van der Waals surface area (Å²) >= 11 is 0. The Morgan fingerprint density at radius 3 is 1.17 bits per heavy atom. The first kappa shape index (κ1) is 32.2. The van der Waals surface area contributed by atoms with Crippen LogP contribution in [0.25, 0.3) is 44.8 Å². The van der Waals surface area contributed by atoms with Crippen molar-refractivity contribution in [2.45, 2.75) is 0 Å². The molecule has 2 atom stereocenters. The van der Waals surface area contributed by atoms with Crippen LogP contribution in [0.3, 0.4) is 0 Å². The molecule has 2 heterocycles. The molecule has 12 nitrogen and oxygen atoms in total. The number of hydrogen-bond donors (Lipinski definition) is 4. The Morgan fingerprint density at radius 1 is 0.565 bits per heavy atom. The number of hydrogen-bond acceptors (Lipinski definition) is 8. The molecular formula is C32H30N6O6P2. The van der Waals surface area contributed by atoms with Crippen LogP contribution in [-0.4, -0.2) is 70.5 Å². The summed E-state index contributed by atoms with van der Waals surface area (Å²) in [5.74, 6) is 0. The van der Waals surface area contributed by atoms with Gasteiger partial charge in [-0.15, -0.1) is 0 Å². The second-order valence-electron chi connectivity index (χ2n) is 9.81. The number of nitrogens with one attached hydrogen (secondary N) is 4. The lowest BCUT2D eigenvalue weighted by atomic mass is 9.98. The number of nitrogens with zero attached hydrogens (tertiary/aromatic N) is 2. The number of methoxy groups -OCH3 is 2. The normalized spacial score (nSPS) is 11.2. The predicted molar refractivity (Wildman–Crippen MR) is 179 cm³/mol. The molecular weight excluding hydrogens is 626 g/mol. The Labute approximate surface area is 267 Å². The van der Waals surface area contributed by atoms with Crippen LogP contribution < -0.4 is 21.8 Å². The summed E-state index contributed by atoms with van der Waals surface area (Å²) in [5.41, 5.74) is 8.53. The zero-order valence-electron chi connectivity index (χ0n) is 24.8. The number of amides is 2. The lowest BCUT2D eigenvalue weighted by Gasteiger charge is -2.07. The van der Waals surface area contributed by atoms with Crippen molar-refractivity contribution in [3.05, 3.63) is 85.2 Å². The van der Waals surface area contributed by atoms with Gasteiger partial charge in [-0.3, -0.25) is 9.59 Å². The zero-order chi connectivity index (χ0) is 32.5. The third-order valence-corrected chi connectivity index (χ3v) is 8.66. The second-order valence-corrected chi connectivity index (χ2v) is 12.4. The van der Waals surface area contributed by atoms with E-state index in [2.05, 4.69) is 64.3 Å². The molecule has 0 fully saturated rings. The molecule has 4 N–H and O–H groups in total. The highest BCUT2D eigenvalue weighted by molar-refractivity contribution is 7.65. The Balaban J connectivity index is 1.17. The molecule has 3 aromatic carbocycles. The van der Waals surface area contributed by atoms with Gasteiger partial charge < -0.3 is 30.1 Å². The number of carbonyl (C=O) groups is 4. The zero-order valence-corrected chi connectivity index (χ0v) is 26.8. The van der Waals surface area contributed by atoms with E-state index < -0.39 is 12.2 Å². The number of alkyl carbamates (subject to hydrolysis) is 2. The molecule has 2 unspecified atom stereocenters. The predicted octanol–water partition coefficient (Wildman–Crippen LogP) is 4.17. The molecule has 234 valence electrons. The molecule has 0 aliphatic heterocycles. The number of H-pyrrole nitrogens is 2. The van der Waals surface area contributed by atoms with E-state index in [1.54, 1.807) is 12.4 Å². The lowest BCUT2D eigenvalue weighted by molar-refractivity contribution is -0.111. The van der Waals surface area contributed by atoms with Crippen LogP contribution in [0.1, 0.15) is 0 Å². The van der Waals surface area contributed by atoms with Gasteiger partial charge in [-0.25, -0.2) is 19.6 Å². The highest BCUT2D eigenvalue weighted by Gasteiger charge is 2.12. The van der Waals surface area contributed by atoms with Crippen molar-refractivity contribution in [2.75, 3.05) is 27.3 Å². The van der Waals surface area contributed by atoms with E-state index >= 15 is 0 Å². The first-order valence-corrected chi connectivity index (χ1v) is 16.0. The maximum atomic E-state index is 12.1. The van der Waals surface area contributed by atoms with Crippen LogP contribution in [0.5, 0.6) is 0 Å². The first-order chi connectivity index (χ1) is 22.3. The molecule has 46 heavy (non-hydrogen) atoms. The molecule has 0 spiro atoms. The fourth-order valence-electron chi connectivity index (χ4n) is 4.40. The van der Waals surface area contributed by atoms with E-state index in [0.29, 0.717) is 11.1 Å². The standard InChI is InChI=1S/C32H30N6O6P2/c1-43-31(41)35-17-27(39)45-29-33-15-25(37-29)23-11-7-21(8-12-23)19-3-5-20(6-4-19)22-9-13-24(14-10-22)26-16-34-30(38-26)46-28(40)18-36-32(42)44-2/h3-16,45-46H,17-18H2,1-2H3,(H,33,37)(H,34,38)(H,35,41)(H,36,42). The summed E-state index contributed by atoms with van der Waals surface area (Å²) in [6.45, 7) is -0.228. The van der Waals surface area contributed by atoms with Gasteiger partial charge in [-0.1, -0.05) is 72.8 Å². The number of benzene rings is 3. The molecule has 5 aromatic rings. The number of rotatable bonds is 12. The van der Waals surface area contributed by atoms with Crippen molar-refractivity contribution in [3.63, 3.8) is 0 Å². The van der Waals surface area contributed by atoms with Crippen LogP contribution in [-0.2, 0) is 19.1 Å². The maximum absolute atomic E-state index is 12.1. The molecule has 0 aliphatic rings. The van der Waals surface area contributed by atoms with Crippen molar-refractivity contribution in [1.29, 1.82) is 0 Å². The molecule has 0 saturated heterocycles. The van der Waals surface area contributed by atoms with Gasteiger partial charge in [0.05, 0.1) is 51.1 Å². The van der Waals surface area contributed by atoms with Crippen LogP contribution >= 0.6 is 17.2 Å². The van der Waals surface area contributed by atoms with Gasteiger partial charge in [0.2, 0.25) is 0 Å². The first-order valence-electron chi connectivity index (χ1n) is 14.0. The van der Waals surface area contributed by atoms with Crippen molar-refractivity contribution in [3.8, 4) is 44.8 Å². The largest absolute Gasteiger partial charge is 0.453 e. The third-order valence-electron chi connectivity index (χ3n) is 6.77. The van der Waals surface area contributed by atoms with Crippen molar-refractivity contribution in [1.82, 2.24) is 30.6 Å². The molecule has 2 amide bonds. The smallest absolute Gasteiger partial charge is 0.407 e. The highest BCUT2D eigenvalue weighted by atomic mass is 31.1. The highest BCUT2D eigenvalue weighted by Crippen LogP contribution is 2.28. The Bertz CT molecular complexity index is 1700. The average molecular weight is 657 g/mol. The summed E-state index contributed by atoms with van der Waals surface area (Å²) in [7, 11) is 2.07. The van der Waals surface area contributed by atoms with Crippen LogP contribution in [0, 0.1) is 0 Å². The summed E-state index contributed by atoms with van der Waals surface area (Å²) < 4.78 is 8.95. The third kappa shape index (κ3) is 8.50. The average Bonchev–Trinajstić information content (AvgIpc) is 3.76. The Kier molecular flexibility index (Phi) is 10.7. The van der Waals surface area contributed by atoms with E-state index in [-0.39, 0.29) is 41.3 Å². The molecule has 0 bridgehead atoms. The molecule has 5 rings (SSSR count). The molecule has 0 radical (unpaired) electrons. The van der Waals surface area contributed by atoms with E-state index in [0.717, 1.165) is 44.8 Å². The summed E-state index contributed by atoms with van der Waals surface area (Å²) in [6, 6.07) is 24.5. The van der Waals surface area contributed by atoms with Crippen LogP contribution in [0.4, 0.5) is 9.59 Å². The molecule has 14 heteroatoms. The van der Waals surface area contributed by atoms with Gasteiger partial charge in [0, 0.05) is 17.2 Å². The Hall–Kier alpha value is -5.18. The number of imidazole rings is 2.